The minimum absolute atomic E-state index is 0.334. The Morgan fingerprint density at radius 2 is 2.00 bits per heavy atom. The van der Waals surface area contributed by atoms with Crippen LogP contribution in [0.5, 0.6) is 0 Å². The van der Waals surface area contributed by atoms with Crippen molar-refractivity contribution in [3.8, 4) is 17.7 Å². The summed E-state index contributed by atoms with van der Waals surface area (Å²) in [4.78, 5) is 4.30. The molecule has 9 heteroatoms. The molecule has 1 fully saturated rings. The lowest BCUT2D eigenvalue weighted by molar-refractivity contribution is 0.808. The van der Waals surface area contributed by atoms with Gasteiger partial charge in [-0.15, -0.1) is 20.0 Å². The summed E-state index contributed by atoms with van der Waals surface area (Å²) in [6, 6.07) is 7.98. The van der Waals surface area contributed by atoms with E-state index in [0.717, 1.165) is 40.7 Å². The summed E-state index contributed by atoms with van der Waals surface area (Å²) in [7, 11) is 0. The molecule has 0 aliphatic heterocycles. The van der Waals surface area contributed by atoms with Gasteiger partial charge >= 0.3 is 0 Å². The summed E-state index contributed by atoms with van der Waals surface area (Å²) in [6.07, 6.45) is 7.71. The van der Waals surface area contributed by atoms with Crippen LogP contribution in [-0.4, -0.2) is 39.0 Å². The zero-order valence-electron chi connectivity index (χ0n) is 13.5. The minimum Gasteiger partial charge on any atom is -0.284 e. The van der Waals surface area contributed by atoms with E-state index in [1.165, 1.54) is 4.68 Å². The Balaban J connectivity index is 1.81. The Kier molecular flexibility index (Phi) is 2.40. The largest absolute Gasteiger partial charge is 0.284 e. The number of fused-ring (bicyclic) bond motifs is 6. The third kappa shape index (κ3) is 1.60. The Labute approximate surface area is 146 Å². The molecule has 4 aromatic heterocycles. The van der Waals surface area contributed by atoms with Crippen LogP contribution in [-0.2, 0) is 0 Å². The lowest BCUT2D eigenvalue weighted by Crippen LogP contribution is -2.02. The van der Waals surface area contributed by atoms with Crippen LogP contribution in [0.1, 0.15) is 24.5 Å². The summed E-state index contributed by atoms with van der Waals surface area (Å²) in [6.45, 7) is 0. The number of benzene rings is 1. The van der Waals surface area contributed by atoms with Gasteiger partial charge in [-0.25, -0.2) is 4.98 Å². The monoisotopic (exact) mass is 341 g/mol. The Hall–Kier alpha value is -3.80. The third-order valence-electron chi connectivity index (χ3n) is 4.88. The molecule has 9 nitrogen and oxygen atoms in total. The molecule has 0 spiro atoms. The number of nitriles is 1. The van der Waals surface area contributed by atoms with Crippen molar-refractivity contribution >= 4 is 22.2 Å². The number of hydrogen-bond donors (Lipinski definition) is 0. The molecule has 1 aromatic carbocycles. The van der Waals surface area contributed by atoms with Crippen LogP contribution in [0.2, 0.25) is 0 Å². The zero-order chi connectivity index (χ0) is 17.3. The molecular formula is C17H11N9. The quantitative estimate of drug-likeness (QED) is 0.486. The molecule has 6 rings (SSSR count). The summed E-state index contributed by atoms with van der Waals surface area (Å²) in [5, 5.41) is 27.5. The van der Waals surface area contributed by atoms with Gasteiger partial charge in [-0.2, -0.15) is 5.26 Å². The smallest absolute Gasteiger partial charge is 0.208 e. The van der Waals surface area contributed by atoms with Gasteiger partial charge in [0.1, 0.15) is 17.7 Å². The summed E-state index contributed by atoms with van der Waals surface area (Å²) >= 11 is 0. The van der Waals surface area contributed by atoms with Crippen LogP contribution in [0.15, 0.2) is 36.8 Å². The van der Waals surface area contributed by atoms with E-state index in [1.54, 1.807) is 12.5 Å². The molecule has 1 saturated carbocycles. The first-order valence-corrected chi connectivity index (χ1v) is 8.31. The summed E-state index contributed by atoms with van der Waals surface area (Å²) in [5.41, 5.74) is 3.97. The van der Waals surface area contributed by atoms with E-state index in [4.69, 9.17) is 0 Å². The van der Waals surface area contributed by atoms with Crippen LogP contribution in [0.4, 0.5) is 0 Å². The minimum atomic E-state index is 0.334. The van der Waals surface area contributed by atoms with Crippen molar-refractivity contribution in [2.75, 3.05) is 0 Å². The van der Waals surface area contributed by atoms with Crippen molar-refractivity contribution in [1.82, 2.24) is 39.0 Å². The van der Waals surface area contributed by atoms with Gasteiger partial charge in [0.2, 0.25) is 6.19 Å². The third-order valence-corrected chi connectivity index (χ3v) is 4.88. The highest BCUT2D eigenvalue weighted by molar-refractivity contribution is 5.94. The maximum Gasteiger partial charge on any atom is 0.208 e. The first-order valence-electron chi connectivity index (χ1n) is 8.31. The Morgan fingerprint density at radius 3 is 2.85 bits per heavy atom. The van der Waals surface area contributed by atoms with Gasteiger partial charge in [0.25, 0.3) is 0 Å². The SMILES string of the molecule is N#Cn1nnc(C2CC2)c1-c1nnc2c3ccccc3n3cncc3n12. The lowest BCUT2D eigenvalue weighted by Gasteiger charge is -2.07. The predicted molar refractivity (Wildman–Crippen MR) is 91.2 cm³/mol. The van der Waals surface area contributed by atoms with Crippen LogP contribution in [0, 0.1) is 11.5 Å². The molecule has 0 radical (unpaired) electrons. The first-order chi connectivity index (χ1) is 12.9. The molecule has 0 bridgehead atoms. The molecule has 5 aromatic rings. The van der Waals surface area contributed by atoms with Crippen molar-refractivity contribution in [2.24, 2.45) is 0 Å². The first kappa shape index (κ1) is 13.5. The maximum atomic E-state index is 9.49. The van der Waals surface area contributed by atoms with Gasteiger partial charge in [0.05, 0.1) is 17.4 Å². The van der Waals surface area contributed by atoms with E-state index in [-0.39, 0.29) is 0 Å². The van der Waals surface area contributed by atoms with Crippen LogP contribution in [0.3, 0.4) is 0 Å². The van der Waals surface area contributed by atoms with Crippen LogP contribution < -0.4 is 0 Å². The van der Waals surface area contributed by atoms with Gasteiger partial charge in [-0.1, -0.05) is 17.3 Å². The highest BCUT2D eigenvalue weighted by Crippen LogP contribution is 2.43. The van der Waals surface area contributed by atoms with Crippen molar-refractivity contribution in [3.63, 3.8) is 0 Å². The number of aromatic nitrogens is 8. The second-order valence-electron chi connectivity index (χ2n) is 6.43. The molecule has 0 atom stereocenters. The molecule has 0 amide bonds. The van der Waals surface area contributed by atoms with E-state index in [2.05, 4.69) is 31.7 Å². The molecule has 0 saturated heterocycles. The topological polar surface area (TPSA) is 102 Å². The highest BCUT2D eigenvalue weighted by atomic mass is 15.4. The number of hydrogen-bond acceptors (Lipinski definition) is 6. The number of nitrogens with zero attached hydrogens (tertiary/aromatic N) is 9. The van der Waals surface area contributed by atoms with E-state index >= 15 is 0 Å². The average molecular weight is 341 g/mol. The predicted octanol–water partition coefficient (Wildman–Crippen LogP) is 2.00. The molecule has 1 aliphatic rings. The van der Waals surface area contributed by atoms with E-state index in [1.807, 2.05) is 33.1 Å². The molecule has 1 aliphatic carbocycles. The van der Waals surface area contributed by atoms with Gasteiger partial charge in [0, 0.05) is 11.3 Å². The Morgan fingerprint density at radius 1 is 1.12 bits per heavy atom. The van der Waals surface area contributed by atoms with Crippen molar-refractivity contribution in [2.45, 2.75) is 18.8 Å². The van der Waals surface area contributed by atoms with Gasteiger partial charge < -0.3 is 0 Å². The molecule has 124 valence electrons. The van der Waals surface area contributed by atoms with E-state index < -0.39 is 0 Å². The highest BCUT2D eigenvalue weighted by Gasteiger charge is 2.33. The fourth-order valence-electron chi connectivity index (χ4n) is 3.55. The van der Waals surface area contributed by atoms with Crippen molar-refractivity contribution in [3.05, 3.63) is 42.5 Å². The van der Waals surface area contributed by atoms with E-state index in [9.17, 15) is 5.26 Å². The number of para-hydroxylation sites is 1. The summed E-state index contributed by atoms with van der Waals surface area (Å²) < 4.78 is 5.15. The molecule has 0 unspecified atom stereocenters. The number of imidazole rings is 1. The van der Waals surface area contributed by atoms with Crippen LogP contribution >= 0.6 is 0 Å². The Bertz CT molecular complexity index is 1360. The second-order valence-corrected chi connectivity index (χ2v) is 6.43. The molecule has 4 heterocycles. The molecule has 0 N–H and O–H groups in total. The molecule has 26 heavy (non-hydrogen) atoms. The van der Waals surface area contributed by atoms with Crippen LogP contribution in [0.25, 0.3) is 33.7 Å². The zero-order valence-corrected chi connectivity index (χ0v) is 13.5. The second kappa shape index (κ2) is 4.64. The standard InChI is InChI=1S/C17H11N9/c18-8-25-15(14(20-23-25)10-5-6-10)17-22-21-16-11-3-1-2-4-12(11)24-9-19-7-13(24)26(16)17/h1-4,7,9-10H,5-6H2. The van der Waals surface area contributed by atoms with E-state index in [0.29, 0.717) is 17.4 Å². The maximum absolute atomic E-state index is 9.49. The van der Waals surface area contributed by atoms with Gasteiger partial charge in [0.15, 0.2) is 11.5 Å². The van der Waals surface area contributed by atoms with Crippen molar-refractivity contribution in [1.29, 1.82) is 5.26 Å². The van der Waals surface area contributed by atoms with Crippen molar-refractivity contribution < 1.29 is 0 Å². The van der Waals surface area contributed by atoms with Gasteiger partial charge in [-0.05, 0) is 25.0 Å². The fraction of sp³-hybridized carbons (Fsp3) is 0.176. The lowest BCUT2D eigenvalue weighted by atomic mass is 10.2. The normalized spacial score (nSPS) is 14.4. The average Bonchev–Trinajstić information content (AvgIpc) is 3.10. The van der Waals surface area contributed by atoms with Gasteiger partial charge in [-0.3, -0.25) is 8.80 Å². The molecular weight excluding hydrogens is 330 g/mol. The fourth-order valence-corrected chi connectivity index (χ4v) is 3.55. The number of rotatable bonds is 2. The summed E-state index contributed by atoms with van der Waals surface area (Å²) in [5.74, 6) is 0.894.